The molecule has 1 amide bonds. The summed E-state index contributed by atoms with van der Waals surface area (Å²) in [7, 11) is 0. The normalized spacial score (nSPS) is 12.9. The molecule has 0 saturated heterocycles. The van der Waals surface area contributed by atoms with Gasteiger partial charge in [-0.15, -0.1) is 0 Å². The fraction of sp³-hybridized carbons (Fsp3) is 0.455. The van der Waals surface area contributed by atoms with Gasteiger partial charge >= 0.3 is 5.97 Å². The van der Waals surface area contributed by atoms with E-state index in [9.17, 15) is 14.7 Å². The number of carbonyl (C=O) groups is 2. The van der Waals surface area contributed by atoms with E-state index in [1.165, 1.54) is 12.1 Å². The van der Waals surface area contributed by atoms with Crippen LogP contribution >= 0.6 is 0 Å². The van der Waals surface area contributed by atoms with Crippen LogP contribution in [0.15, 0.2) is 85.0 Å². The summed E-state index contributed by atoms with van der Waals surface area (Å²) in [6.45, 7) is 4.77. The lowest BCUT2D eigenvalue weighted by atomic mass is 10.2. The highest BCUT2D eigenvalue weighted by molar-refractivity contribution is 5.92. The number of amides is 1. The third-order valence-corrected chi connectivity index (χ3v) is 5.66. The lowest BCUT2D eigenvalue weighted by molar-refractivity contribution is -0.133. The quantitative estimate of drug-likeness (QED) is 0.0971. The summed E-state index contributed by atoms with van der Waals surface area (Å²) in [4.78, 5) is 24.3. The summed E-state index contributed by atoms with van der Waals surface area (Å²) >= 11 is 0. The number of carbonyl (C=O) groups excluding carboxylic acids is 2. The molecule has 0 aliphatic heterocycles. The van der Waals surface area contributed by atoms with Crippen LogP contribution in [0.2, 0.25) is 0 Å². The second-order valence-corrected chi connectivity index (χ2v) is 8.92. The Morgan fingerprint density at radius 2 is 1.41 bits per heavy atom. The van der Waals surface area contributed by atoms with Crippen LogP contribution in [-0.4, -0.2) is 42.8 Å². The van der Waals surface area contributed by atoms with Crippen LogP contribution in [0, 0.1) is 0 Å². The van der Waals surface area contributed by atoms with Crippen molar-refractivity contribution in [1.29, 1.82) is 0 Å². The second kappa shape index (κ2) is 23.7. The van der Waals surface area contributed by atoms with Crippen molar-refractivity contribution in [2.45, 2.75) is 77.7 Å². The Balaban J connectivity index is 2.05. The Morgan fingerprint density at radius 3 is 2.00 bits per heavy atom. The monoisotopic (exact) mass is 537 g/mol. The Morgan fingerprint density at radius 1 is 0.821 bits per heavy atom. The zero-order valence-corrected chi connectivity index (χ0v) is 23.7. The van der Waals surface area contributed by atoms with Crippen LogP contribution in [0.3, 0.4) is 0 Å². The number of aromatic hydroxyl groups is 1. The Labute approximate surface area is 235 Å². The third kappa shape index (κ3) is 17.7. The minimum absolute atomic E-state index is 0.0165. The molecule has 2 N–H and O–H groups in total. The molecule has 6 nitrogen and oxygen atoms in total. The van der Waals surface area contributed by atoms with Crippen LogP contribution in [0.4, 0.5) is 0 Å². The molecule has 1 aromatic rings. The number of allylic oxidation sites excluding steroid dienone is 10. The number of unbranched alkanes of at least 4 members (excludes halogenated alkanes) is 2. The van der Waals surface area contributed by atoms with Gasteiger partial charge in [0, 0.05) is 6.61 Å². The van der Waals surface area contributed by atoms with Crippen LogP contribution in [0.5, 0.6) is 5.75 Å². The average molecular weight is 538 g/mol. The number of hydrogen-bond acceptors (Lipinski definition) is 5. The van der Waals surface area contributed by atoms with Gasteiger partial charge in [-0.25, -0.2) is 4.79 Å². The fourth-order valence-corrected chi connectivity index (χ4v) is 3.49. The molecule has 214 valence electrons. The molecule has 0 heterocycles. The zero-order chi connectivity index (χ0) is 28.4. The largest absolute Gasteiger partial charge is 0.507 e. The molecule has 1 aromatic carbocycles. The highest BCUT2D eigenvalue weighted by atomic mass is 16.5. The Bertz CT molecular complexity index is 945. The van der Waals surface area contributed by atoms with Gasteiger partial charge in [0.05, 0.1) is 6.54 Å². The standard InChI is InChI=1S/C33H47NO5/c1-3-5-6-7-8-9-10-11-12-13-14-15-16-17-18-19-20-23-27-38-31(4-2)32(36)34-26-28-39-33(37)29-24-21-22-25-30(29)35/h5-6,8-9,11-12,14-15,17-18,21-22,24-25,31,35H,3-4,7,10,13,16,19-20,23,26-28H2,1-2H3,(H,34,36)/t31-/m1/s1. The predicted molar refractivity (Wildman–Crippen MR) is 160 cm³/mol. The molecule has 0 unspecified atom stereocenters. The van der Waals surface area contributed by atoms with Crippen LogP contribution in [0.1, 0.15) is 82.0 Å². The summed E-state index contributed by atoms with van der Waals surface area (Å²) in [6.07, 6.45) is 29.9. The van der Waals surface area contributed by atoms with E-state index in [0.717, 1.165) is 51.4 Å². The molecular formula is C33H47NO5. The van der Waals surface area contributed by atoms with Gasteiger partial charge in [-0.1, -0.05) is 86.7 Å². The van der Waals surface area contributed by atoms with Gasteiger partial charge in [0.1, 0.15) is 24.0 Å². The maximum Gasteiger partial charge on any atom is 0.341 e. The van der Waals surface area contributed by atoms with Crippen molar-refractivity contribution < 1.29 is 24.2 Å². The SMILES string of the molecule is CCC=CCC=CCC=CCC=CCC=CCCCCO[C@H](CC)C(=O)NCCOC(=O)c1ccccc1O. The molecule has 0 aliphatic carbocycles. The first kappa shape index (κ1) is 33.6. The summed E-state index contributed by atoms with van der Waals surface area (Å²) in [5.74, 6) is -0.973. The minimum Gasteiger partial charge on any atom is -0.507 e. The van der Waals surface area contributed by atoms with Crippen molar-refractivity contribution in [2.24, 2.45) is 0 Å². The van der Waals surface area contributed by atoms with Crippen LogP contribution in [0.25, 0.3) is 0 Å². The molecule has 0 spiro atoms. The molecule has 0 aliphatic rings. The van der Waals surface area contributed by atoms with E-state index in [4.69, 9.17) is 9.47 Å². The van der Waals surface area contributed by atoms with Crippen molar-refractivity contribution in [2.75, 3.05) is 19.8 Å². The first-order chi connectivity index (χ1) is 19.1. The highest BCUT2D eigenvalue weighted by Crippen LogP contribution is 2.16. The van der Waals surface area contributed by atoms with E-state index >= 15 is 0 Å². The van der Waals surface area contributed by atoms with E-state index in [2.05, 4.69) is 73.0 Å². The maximum absolute atomic E-state index is 12.3. The third-order valence-electron chi connectivity index (χ3n) is 5.66. The topological polar surface area (TPSA) is 84.9 Å². The molecule has 1 rings (SSSR count). The number of phenolic OH excluding ortho intramolecular Hbond substituents is 1. The number of rotatable bonds is 21. The van der Waals surface area contributed by atoms with E-state index in [-0.39, 0.29) is 30.4 Å². The second-order valence-electron chi connectivity index (χ2n) is 8.92. The summed E-state index contributed by atoms with van der Waals surface area (Å²) in [5.41, 5.74) is 0.100. The van der Waals surface area contributed by atoms with E-state index < -0.39 is 12.1 Å². The predicted octanol–water partition coefficient (Wildman–Crippen LogP) is 7.38. The highest BCUT2D eigenvalue weighted by Gasteiger charge is 2.17. The van der Waals surface area contributed by atoms with Gasteiger partial charge in [0.2, 0.25) is 5.91 Å². The first-order valence-electron chi connectivity index (χ1n) is 14.2. The number of nitrogens with one attached hydrogen (secondary N) is 1. The average Bonchev–Trinajstić information content (AvgIpc) is 2.94. The van der Waals surface area contributed by atoms with Crippen molar-refractivity contribution in [3.05, 3.63) is 90.6 Å². The van der Waals surface area contributed by atoms with Gasteiger partial charge in [0.25, 0.3) is 0 Å². The van der Waals surface area contributed by atoms with Crippen molar-refractivity contribution in [1.82, 2.24) is 5.32 Å². The zero-order valence-electron chi connectivity index (χ0n) is 23.7. The number of esters is 1. The van der Waals surface area contributed by atoms with Crippen LogP contribution < -0.4 is 5.32 Å². The lowest BCUT2D eigenvalue weighted by Gasteiger charge is -2.16. The minimum atomic E-state index is -0.627. The maximum atomic E-state index is 12.3. The molecule has 0 fully saturated rings. The van der Waals surface area contributed by atoms with Gasteiger partial charge < -0.3 is 19.9 Å². The van der Waals surface area contributed by atoms with E-state index in [1.54, 1.807) is 12.1 Å². The molecule has 6 heteroatoms. The van der Waals surface area contributed by atoms with Gasteiger partial charge in [0.15, 0.2) is 0 Å². The fourth-order valence-electron chi connectivity index (χ4n) is 3.49. The molecule has 1 atom stereocenters. The number of phenols is 1. The van der Waals surface area contributed by atoms with E-state index in [0.29, 0.717) is 13.0 Å². The summed E-state index contributed by atoms with van der Waals surface area (Å²) in [5, 5.41) is 12.4. The molecular weight excluding hydrogens is 490 g/mol. The molecule has 0 aromatic heterocycles. The first-order valence-corrected chi connectivity index (χ1v) is 14.2. The molecule has 0 radical (unpaired) electrons. The van der Waals surface area contributed by atoms with Gasteiger partial charge in [-0.3, -0.25) is 4.79 Å². The lowest BCUT2D eigenvalue weighted by Crippen LogP contribution is -2.38. The number of hydrogen-bond donors (Lipinski definition) is 2. The Hall–Kier alpha value is -3.38. The van der Waals surface area contributed by atoms with E-state index in [1.807, 2.05) is 6.92 Å². The number of para-hydroxylation sites is 1. The summed E-state index contributed by atoms with van der Waals surface area (Å²) < 4.78 is 10.8. The van der Waals surface area contributed by atoms with Crippen molar-refractivity contribution >= 4 is 11.9 Å². The Kier molecular flexibility index (Phi) is 20.5. The van der Waals surface area contributed by atoms with Crippen molar-refractivity contribution in [3.63, 3.8) is 0 Å². The van der Waals surface area contributed by atoms with Gasteiger partial charge in [-0.05, 0) is 69.9 Å². The van der Waals surface area contributed by atoms with Gasteiger partial charge in [-0.2, -0.15) is 0 Å². The molecule has 39 heavy (non-hydrogen) atoms. The number of benzene rings is 1. The molecule has 0 bridgehead atoms. The smallest absolute Gasteiger partial charge is 0.341 e. The van der Waals surface area contributed by atoms with Crippen molar-refractivity contribution in [3.8, 4) is 5.75 Å². The summed E-state index contributed by atoms with van der Waals surface area (Å²) in [6, 6.07) is 6.18. The molecule has 0 saturated carbocycles. The number of ether oxygens (including phenoxy) is 2. The van der Waals surface area contributed by atoms with Crippen LogP contribution in [-0.2, 0) is 14.3 Å².